The van der Waals surface area contributed by atoms with E-state index in [9.17, 15) is 0 Å². The van der Waals surface area contributed by atoms with E-state index in [1.807, 2.05) is 0 Å². The van der Waals surface area contributed by atoms with Crippen LogP contribution in [0.5, 0.6) is 5.75 Å². The van der Waals surface area contributed by atoms with E-state index in [1.54, 1.807) is 0 Å². The highest BCUT2D eigenvalue weighted by molar-refractivity contribution is 5.81. The molecule has 0 radical (unpaired) electrons. The van der Waals surface area contributed by atoms with Gasteiger partial charge in [-0.3, -0.25) is 0 Å². The fourth-order valence-corrected chi connectivity index (χ4v) is 2.31. The Labute approximate surface area is 121 Å². The lowest BCUT2D eigenvalue weighted by Crippen LogP contribution is -2.23. The van der Waals surface area contributed by atoms with Gasteiger partial charge >= 0.3 is 0 Å². The number of benzene rings is 1. The lowest BCUT2D eigenvalue weighted by molar-refractivity contribution is 0.243. The molecular weight excluding hydrogens is 248 g/mol. The van der Waals surface area contributed by atoms with Crippen molar-refractivity contribution >= 4 is 10.9 Å². The average molecular weight is 274 g/mol. The van der Waals surface area contributed by atoms with Crippen LogP contribution < -0.4 is 10.1 Å². The lowest BCUT2D eigenvalue weighted by Gasteiger charge is -2.11. The maximum Gasteiger partial charge on any atom is 0.120 e. The highest BCUT2D eigenvalue weighted by Crippen LogP contribution is 2.22. The molecule has 0 saturated carbocycles. The van der Waals surface area contributed by atoms with Crippen molar-refractivity contribution in [2.45, 2.75) is 40.3 Å². The first-order valence-electron chi connectivity index (χ1n) is 7.52. The monoisotopic (exact) mass is 274 g/mol. The summed E-state index contributed by atoms with van der Waals surface area (Å²) in [6.45, 7) is 11.6. The van der Waals surface area contributed by atoms with E-state index in [1.165, 1.54) is 10.9 Å². The highest BCUT2D eigenvalue weighted by atomic mass is 16.5. The van der Waals surface area contributed by atoms with E-state index in [-0.39, 0.29) is 6.10 Å². The summed E-state index contributed by atoms with van der Waals surface area (Å²) in [5.41, 5.74) is 1.27. The Hall–Kier alpha value is -1.48. The van der Waals surface area contributed by atoms with Crippen LogP contribution in [-0.2, 0) is 6.54 Å². The van der Waals surface area contributed by atoms with E-state index < -0.39 is 0 Å². The van der Waals surface area contributed by atoms with Crippen molar-refractivity contribution in [2.24, 2.45) is 5.92 Å². The first kappa shape index (κ1) is 14.9. The summed E-state index contributed by atoms with van der Waals surface area (Å²) < 4.78 is 8.03. The minimum absolute atomic E-state index is 0.217. The molecule has 0 aliphatic carbocycles. The van der Waals surface area contributed by atoms with E-state index in [0.717, 1.165) is 25.4 Å². The van der Waals surface area contributed by atoms with Gasteiger partial charge < -0.3 is 14.6 Å². The van der Waals surface area contributed by atoms with Gasteiger partial charge in [0.1, 0.15) is 5.75 Å². The summed E-state index contributed by atoms with van der Waals surface area (Å²) in [5.74, 6) is 1.65. The zero-order valence-corrected chi connectivity index (χ0v) is 13.0. The number of ether oxygens (including phenoxy) is 1. The molecule has 0 bridgehead atoms. The van der Waals surface area contributed by atoms with Crippen LogP contribution in [0.25, 0.3) is 10.9 Å². The summed E-state index contributed by atoms with van der Waals surface area (Å²) in [6.07, 6.45) is 2.37. The standard InChI is InChI=1S/C17H26N2O/c1-13(2)12-18-8-10-19-9-7-15-11-16(20-14(3)4)5-6-17(15)19/h5-7,9,11,13-14,18H,8,10,12H2,1-4H3. The number of hydrogen-bond donors (Lipinski definition) is 1. The summed E-state index contributed by atoms with van der Waals surface area (Å²) in [5, 5.41) is 4.72. The zero-order chi connectivity index (χ0) is 14.5. The fraction of sp³-hybridized carbons (Fsp3) is 0.529. The first-order chi connectivity index (χ1) is 9.56. The largest absolute Gasteiger partial charge is 0.491 e. The van der Waals surface area contributed by atoms with Crippen molar-refractivity contribution in [3.8, 4) is 5.75 Å². The Kier molecular flexibility index (Phi) is 5.07. The molecule has 2 rings (SSSR count). The second kappa shape index (κ2) is 6.80. The predicted octanol–water partition coefficient (Wildman–Crippen LogP) is 3.67. The lowest BCUT2D eigenvalue weighted by atomic mass is 10.2. The third kappa shape index (κ3) is 4.01. The maximum atomic E-state index is 5.73. The fourth-order valence-electron chi connectivity index (χ4n) is 2.31. The molecule has 0 unspecified atom stereocenters. The van der Waals surface area contributed by atoms with Crippen molar-refractivity contribution < 1.29 is 4.74 Å². The Morgan fingerprint density at radius 2 is 1.95 bits per heavy atom. The normalized spacial score (nSPS) is 11.7. The van der Waals surface area contributed by atoms with Crippen LogP contribution in [0.3, 0.4) is 0 Å². The Morgan fingerprint density at radius 3 is 2.65 bits per heavy atom. The molecule has 1 aromatic carbocycles. The number of hydrogen-bond acceptors (Lipinski definition) is 2. The van der Waals surface area contributed by atoms with Crippen molar-refractivity contribution in [3.63, 3.8) is 0 Å². The van der Waals surface area contributed by atoms with Gasteiger partial charge in [0, 0.05) is 30.2 Å². The molecule has 0 saturated heterocycles. The number of nitrogens with zero attached hydrogens (tertiary/aromatic N) is 1. The SMILES string of the molecule is CC(C)CNCCn1ccc2cc(OC(C)C)ccc21. The Bertz CT molecular complexity index is 543. The van der Waals surface area contributed by atoms with Gasteiger partial charge in [0.25, 0.3) is 0 Å². The van der Waals surface area contributed by atoms with Gasteiger partial charge in [0.15, 0.2) is 0 Å². The van der Waals surface area contributed by atoms with Crippen LogP contribution in [-0.4, -0.2) is 23.8 Å². The molecule has 110 valence electrons. The van der Waals surface area contributed by atoms with Crippen LogP contribution in [0.2, 0.25) is 0 Å². The van der Waals surface area contributed by atoms with E-state index in [4.69, 9.17) is 4.74 Å². The third-order valence-corrected chi connectivity index (χ3v) is 3.20. The molecule has 3 heteroatoms. The van der Waals surface area contributed by atoms with Gasteiger partial charge in [-0.25, -0.2) is 0 Å². The number of rotatable bonds is 7. The van der Waals surface area contributed by atoms with Gasteiger partial charge in [0.05, 0.1) is 6.10 Å². The topological polar surface area (TPSA) is 26.2 Å². The van der Waals surface area contributed by atoms with Crippen molar-refractivity contribution in [2.75, 3.05) is 13.1 Å². The van der Waals surface area contributed by atoms with Crippen LogP contribution in [0.1, 0.15) is 27.7 Å². The summed E-state index contributed by atoms with van der Waals surface area (Å²) >= 11 is 0. The smallest absolute Gasteiger partial charge is 0.120 e. The Balaban J connectivity index is 2.01. The molecule has 20 heavy (non-hydrogen) atoms. The molecule has 1 aromatic heterocycles. The molecule has 0 amide bonds. The molecule has 1 heterocycles. The van der Waals surface area contributed by atoms with Crippen LogP contribution in [0.15, 0.2) is 30.5 Å². The molecule has 0 fully saturated rings. The summed E-state index contributed by atoms with van der Waals surface area (Å²) in [6, 6.07) is 8.48. The molecule has 1 N–H and O–H groups in total. The third-order valence-electron chi connectivity index (χ3n) is 3.20. The zero-order valence-electron chi connectivity index (χ0n) is 13.0. The van der Waals surface area contributed by atoms with Crippen LogP contribution >= 0.6 is 0 Å². The molecule has 0 aliphatic heterocycles. The van der Waals surface area contributed by atoms with E-state index in [2.05, 4.69) is 68.0 Å². The predicted molar refractivity (Wildman–Crippen MR) is 85.4 cm³/mol. The summed E-state index contributed by atoms with van der Waals surface area (Å²) in [4.78, 5) is 0. The van der Waals surface area contributed by atoms with Gasteiger partial charge in [-0.1, -0.05) is 13.8 Å². The minimum atomic E-state index is 0.217. The van der Waals surface area contributed by atoms with Crippen molar-refractivity contribution in [1.29, 1.82) is 0 Å². The quantitative estimate of drug-likeness (QED) is 0.780. The maximum absolute atomic E-state index is 5.73. The Morgan fingerprint density at radius 1 is 1.15 bits per heavy atom. The van der Waals surface area contributed by atoms with E-state index in [0.29, 0.717) is 5.92 Å². The molecule has 3 nitrogen and oxygen atoms in total. The number of aromatic nitrogens is 1. The van der Waals surface area contributed by atoms with E-state index >= 15 is 0 Å². The second-order valence-electron chi connectivity index (χ2n) is 5.99. The average Bonchev–Trinajstić information content (AvgIpc) is 2.76. The second-order valence-corrected chi connectivity index (χ2v) is 5.99. The van der Waals surface area contributed by atoms with Crippen molar-refractivity contribution in [3.05, 3.63) is 30.5 Å². The van der Waals surface area contributed by atoms with Gasteiger partial charge in [-0.15, -0.1) is 0 Å². The summed E-state index contributed by atoms with van der Waals surface area (Å²) in [7, 11) is 0. The number of nitrogens with one attached hydrogen (secondary N) is 1. The van der Waals surface area contributed by atoms with Gasteiger partial charge in [0.2, 0.25) is 0 Å². The highest BCUT2D eigenvalue weighted by Gasteiger charge is 2.04. The van der Waals surface area contributed by atoms with Crippen LogP contribution in [0.4, 0.5) is 0 Å². The molecule has 0 atom stereocenters. The number of fused-ring (bicyclic) bond motifs is 1. The van der Waals surface area contributed by atoms with Gasteiger partial charge in [-0.05, 0) is 50.6 Å². The minimum Gasteiger partial charge on any atom is -0.491 e. The molecule has 0 spiro atoms. The molecular formula is C17H26N2O. The van der Waals surface area contributed by atoms with Crippen LogP contribution in [0, 0.1) is 5.92 Å². The van der Waals surface area contributed by atoms with Crippen molar-refractivity contribution in [1.82, 2.24) is 9.88 Å². The first-order valence-corrected chi connectivity index (χ1v) is 7.52. The van der Waals surface area contributed by atoms with Gasteiger partial charge in [-0.2, -0.15) is 0 Å². The molecule has 0 aliphatic rings. The molecule has 2 aromatic rings.